The lowest BCUT2D eigenvalue weighted by Gasteiger charge is -2.31. The van der Waals surface area contributed by atoms with Crippen LogP contribution in [0.2, 0.25) is 0 Å². The van der Waals surface area contributed by atoms with E-state index < -0.39 is 0 Å². The fourth-order valence-electron chi connectivity index (χ4n) is 3.32. The number of aryl methyl sites for hydroxylation is 1. The van der Waals surface area contributed by atoms with E-state index in [9.17, 15) is 9.59 Å². The zero-order chi connectivity index (χ0) is 21.8. The first-order valence-electron chi connectivity index (χ1n) is 10.3. The molecule has 0 saturated heterocycles. The number of thiophene rings is 1. The summed E-state index contributed by atoms with van der Waals surface area (Å²) in [5.74, 6) is 1.20. The minimum absolute atomic E-state index is 0.00585. The number of amides is 2. The van der Waals surface area contributed by atoms with Crippen LogP contribution in [-0.2, 0) is 22.7 Å². The van der Waals surface area contributed by atoms with Crippen LogP contribution in [-0.4, -0.2) is 41.0 Å². The van der Waals surface area contributed by atoms with Gasteiger partial charge in [0.15, 0.2) is 11.5 Å². The number of nitrogens with zero attached hydrogens (tertiary/aromatic N) is 2. The molecule has 6 nitrogen and oxygen atoms in total. The molecule has 0 atom stereocenters. The van der Waals surface area contributed by atoms with Crippen molar-refractivity contribution in [3.63, 3.8) is 0 Å². The van der Waals surface area contributed by atoms with Crippen LogP contribution in [0, 0.1) is 12.8 Å². The molecule has 1 aromatic carbocycles. The fraction of sp³-hybridized carbons (Fsp3) is 0.478. The first-order valence-corrected chi connectivity index (χ1v) is 11.1. The van der Waals surface area contributed by atoms with Crippen molar-refractivity contribution in [2.75, 3.05) is 13.3 Å². The standard InChI is InChI=1S/C23H30N2O4S/c1-15(2)23(27)25(16(3)4)13-22(26)24(12-21-17(5)8-9-30-21)11-18-6-7-19-20(10-18)29-14-28-19/h6-10,15-16H,11-14H2,1-5H3. The van der Waals surface area contributed by atoms with Crippen LogP contribution in [0.4, 0.5) is 0 Å². The number of hydrogen-bond acceptors (Lipinski definition) is 5. The molecule has 1 aliphatic rings. The Morgan fingerprint density at radius 3 is 2.43 bits per heavy atom. The maximum absolute atomic E-state index is 13.3. The van der Waals surface area contributed by atoms with E-state index in [1.807, 2.05) is 56.2 Å². The van der Waals surface area contributed by atoms with E-state index >= 15 is 0 Å². The van der Waals surface area contributed by atoms with E-state index in [4.69, 9.17) is 9.47 Å². The molecule has 0 saturated carbocycles. The van der Waals surface area contributed by atoms with Crippen molar-refractivity contribution >= 4 is 23.2 Å². The van der Waals surface area contributed by atoms with Crippen molar-refractivity contribution in [3.05, 3.63) is 45.6 Å². The maximum atomic E-state index is 13.3. The van der Waals surface area contributed by atoms with E-state index in [2.05, 4.69) is 13.0 Å². The molecular formula is C23H30N2O4S. The van der Waals surface area contributed by atoms with Gasteiger partial charge < -0.3 is 19.3 Å². The van der Waals surface area contributed by atoms with Gasteiger partial charge in [-0.05, 0) is 55.5 Å². The smallest absolute Gasteiger partial charge is 0.242 e. The number of hydrogen-bond donors (Lipinski definition) is 0. The number of ether oxygens (including phenoxy) is 2. The van der Waals surface area contributed by atoms with Gasteiger partial charge in [-0.2, -0.15) is 0 Å². The van der Waals surface area contributed by atoms with Crippen molar-refractivity contribution in [1.29, 1.82) is 0 Å². The second-order valence-electron chi connectivity index (χ2n) is 8.18. The van der Waals surface area contributed by atoms with E-state index in [1.54, 1.807) is 16.2 Å². The maximum Gasteiger partial charge on any atom is 0.242 e. The number of benzene rings is 1. The lowest BCUT2D eigenvalue weighted by molar-refractivity contribution is -0.144. The molecule has 30 heavy (non-hydrogen) atoms. The molecule has 2 amide bonds. The molecule has 0 fully saturated rings. The van der Waals surface area contributed by atoms with E-state index in [0.717, 1.165) is 16.2 Å². The lowest BCUT2D eigenvalue weighted by Crippen LogP contribution is -2.46. The Balaban J connectivity index is 1.82. The summed E-state index contributed by atoms with van der Waals surface area (Å²) in [6.45, 7) is 10.9. The van der Waals surface area contributed by atoms with E-state index in [0.29, 0.717) is 18.8 Å². The van der Waals surface area contributed by atoms with Crippen molar-refractivity contribution in [2.24, 2.45) is 5.92 Å². The van der Waals surface area contributed by atoms with Crippen molar-refractivity contribution in [3.8, 4) is 11.5 Å². The largest absolute Gasteiger partial charge is 0.454 e. The van der Waals surface area contributed by atoms with Crippen LogP contribution in [0.5, 0.6) is 11.5 Å². The Bertz CT molecular complexity index is 906. The average molecular weight is 431 g/mol. The molecule has 2 heterocycles. The second kappa shape index (κ2) is 9.51. The molecule has 0 bridgehead atoms. The third kappa shape index (κ3) is 5.14. The SMILES string of the molecule is Cc1ccsc1CN(Cc1ccc2c(c1)OCO2)C(=O)CN(C(=O)C(C)C)C(C)C. The van der Waals surface area contributed by atoms with Crippen molar-refractivity contribution < 1.29 is 19.1 Å². The molecule has 1 aliphatic heterocycles. The highest BCUT2D eigenvalue weighted by atomic mass is 32.1. The summed E-state index contributed by atoms with van der Waals surface area (Å²) in [4.78, 5) is 30.6. The molecule has 0 radical (unpaired) electrons. The molecular weight excluding hydrogens is 400 g/mol. The number of rotatable bonds is 8. The van der Waals surface area contributed by atoms with Crippen LogP contribution in [0.1, 0.15) is 43.7 Å². The van der Waals surface area contributed by atoms with Gasteiger partial charge in [-0.3, -0.25) is 9.59 Å². The lowest BCUT2D eigenvalue weighted by atomic mass is 10.1. The highest BCUT2D eigenvalue weighted by molar-refractivity contribution is 7.10. The zero-order valence-electron chi connectivity index (χ0n) is 18.3. The normalized spacial score (nSPS) is 12.5. The third-order valence-electron chi connectivity index (χ3n) is 5.17. The first kappa shape index (κ1) is 22.2. The Hall–Kier alpha value is -2.54. The van der Waals surface area contributed by atoms with Gasteiger partial charge in [0, 0.05) is 23.4 Å². The summed E-state index contributed by atoms with van der Waals surface area (Å²) in [6, 6.07) is 7.77. The van der Waals surface area contributed by atoms with Crippen LogP contribution in [0.25, 0.3) is 0 Å². The number of carbonyl (C=O) groups is 2. The monoisotopic (exact) mass is 430 g/mol. The Morgan fingerprint density at radius 2 is 1.80 bits per heavy atom. The van der Waals surface area contributed by atoms with Gasteiger partial charge in [-0.25, -0.2) is 0 Å². The molecule has 0 aliphatic carbocycles. The van der Waals surface area contributed by atoms with Gasteiger partial charge in [0.2, 0.25) is 18.6 Å². The third-order valence-corrected chi connectivity index (χ3v) is 6.18. The van der Waals surface area contributed by atoms with Crippen LogP contribution < -0.4 is 9.47 Å². The summed E-state index contributed by atoms with van der Waals surface area (Å²) >= 11 is 1.64. The van der Waals surface area contributed by atoms with E-state index in [1.165, 1.54) is 5.56 Å². The quantitative estimate of drug-likeness (QED) is 0.630. The molecule has 2 aromatic rings. The molecule has 7 heteroatoms. The molecule has 0 spiro atoms. The Morgan fingerprint density at radius 1 is 1.07 bits per heavy atom. The fourth-order valence-corrected chi connectivity index (χ4v) is 4.24. The van der Waals surface area contributed by atoms with Crippen molar-refractivity contribution in [1.82, 2.24) is 9.80 Å². The summed E-state index contributed by atoms with van der Waals surface area (Å²) in [5, 5.41) is 2.04. The second-order valence-corrected chi connectivity index (χ2v) is 9.18. The molecule has 3 rings (SSSR count). The van der Waals surface area contributed by atoms with Gasteiger partial charge >= 0.3 is 0 Å². The number of carbonyl (C=O) groups excluding carboxylic acids is 2. The van der Waals surface area contributed by atoms with E-state index in [-0.39, 0.29) is 37.1 Å². The molecule has 0 unspecified atom stereocenters. The van der Waals surface area contributed by atoms with Gasteiger partial charge in [0.1, 0.15) is 6.54 Å². The minimum atomic E-state index is -0.151. The van der Waals surface area contributed by atoms with Gasteiger partial charge in [-0.1, -0.05) is 19.9 Å². The summed E-state index contributed by atoms with van der Waals surface area (Å²) < 4.78 is 10.9. The Labute approximate surface area is 182 Å². The first-order chi connectivity index (χ1) is 14.3. The van der Waals surface area contributed by atoms with Gasteiger partial charge in [0.05, 0.1) is 6.54 Å². The topological polar surface area (TPSA) is 59.1 Å². The molecule has 0 N–H and O–H groups in total. The highest BCUT2D eigenvalue weighted by Crippen LogP contribution is 2.33. The predicted octanol–water partition coefficient (Wildman–Crippen LogP) is 4.21. The summed E-state index contributed by atoms with van der Waals surface area (Å²) in [5.41, 5.74) is 2.13. The summed E-state index contributed by atoms with van der Waals surface area (Å²) in [6.07, 6.45) is 0. The highest BCUT2D eigenvalue weighted by Gasteiger charge is 2.26. The summed E-state index contributed by atoms with van der Waals surface area (Å²) in [7, 11) is 0. The van der Waals surface area contributed by atoms with Crippen LogP contribution >= 0.6 is 11.3 Å². The van der Waals surface area contributed by atoms with Gasteiger partial charge in [0.25, 0.3) is 0 Å². The minimum Gasteiger partial charge on any atom is -0.454 e. The zero-order valence-corrected chi connectivity index (χ0v) is 19.1. The Kier molecular flexibility index (Phi) is 7.02. The predicted molar refractivity (Wildman–Crippen MR) is 118 cm³/mol. The number of fused-ring (bicyclic) bond motifs is 1. The van der Waals surface area contributed by atoms with Crippen LogP contribution in [0.15, 0.2) is 29.6 Å². The van der Waals surface area contributed by atoms with Crippen LogP contribution in [0.3, 0.4) is 0 Å². The average Bonchev–Trinajstić information content (AvgIpc) is 3.33. The van der Waals surface area contributed by atoms with Crippen molar-refractivity contribution in [2.45, 2.75) is 53.8 Å². The van der Waals surface area contributed by atoms with Gasteiger partial charge in [-0.15, -0.1) is 11.3 Å². The molecule has 1 aromatic heterocycles. The molecule has 162 valence electrons.